The van der Waals surface area contributed by atoms with Crippen molar-refractivity contribution in [1.82, 2.24) is 10.2 Å². The highest BCUT2D eigenvalue weighted by Gasteiger charge is 2.20. The Labute approximate surface area is 115 Å². The van der Waals surface area contributed by atoms with Gasteiger partial charge in [-0.3, -0.25) is 4.90 Å². The quantitative estimate of drug-likeness (QED) is 0.776. The molecule has 0 unspecified atom stereocenters. The Kier molecular flexibility index (Phi) is 5.48. The lowest BCUT2D eigenvalue weighted by Gasteiger charge is -2.35. The molecule has 1 aromatic rings. The van der Waals surface area contributed by atoms with E-state index in [2.05, 4.69) is 24.2 Å². The van der Waals surface area contributed by atoms with E-state index in [0.717, 1.165) is 50.8 Å². The van der Waals surface area contributed by atoms with Gasteiger partial charge in [-0.25, -0.2) is 0 Å². The molecule has 0 amide bonds. The number of hydrogen-bond acceptors (Lipinski definition) is 4. The number of nitrogens with one attached hydrogen (secondary N) is 1. The molecule has 0 radical (unpaired) electrons. The minimum Gasteiger partial charge on any atom is -0.494 e. The van der Waals surface area contributed by atoms with E-state index in [1.165, 1.54) is 0 Å². The summed E-state index contributed by atoms with van der Waals surface area (Å²) in [5.41, 5.74) is 0. The van der Waals surface area contributed by atoms with Crippen LogP contribution in [-0.2, 0) is 0 Å². The largest absolute Gasteiger partial charge is 0.494 e. The van der Waals surface area contributed by atoms with Crippen LogP contribution < -0.4 is 14.8 Å². The second kappa shape index (κ2) is 7.36. The molecule has 1 fully saturated rings. The van der Waals surface area contributed by atoms with Crippen molar-refractivity contribution in [2.45, 2.75) is 19.4 Å². The second-order valence-electron chi connectivity index (χ2n) is 4.96. The van der Waals surface area contributed by atoms with Gasteiger partial charge in [-0.1, -0.05) is 6.92 Å². The first-order chi connectivity index (χ1) is 9.29. The molecule has 4 nitrogen and oxygen atoms in total. The monoisotopic (exact) mass is 264 g/mol. The highest BCUT2D eigenvalue weighted by Crippen LogP contribution is 2.17. The van der Waals surface area contributed by atoms with Crippen LogP contribution in [0.1, 0.15) is 13.3 Å². The third-order valence-corrected chi connectivity index (χ3v) is 3.39. The summed E-state index contributed by atoms with van der Waals surface area (Å²) in [4.78, 5) is 2.34. The summed E-state index contributed by atoms with van der Waals surface area (Å²) in [5, 5.41) is 3.28. The summed E-state index contributed by atoms with van der Waals surface area (Å²) < 4.78 is 11.3. The van der Waals surface area contributed by atoms with Crippen molar-refractivity contribution < 1.29 is 9.47 Å². The predicted octanol–water partition coefficient (Wildman–Crippen LogP) is 1.76. The zero-order chi connectivity index (χ0) is 13.5. The molecule has 0 atom stereocenters. The van der Waals surface area contributed by atoms with Crippen LogP contribution in [0.15, 0.2) is 24.3 Å². The van der Waals surface area contributed by atoms with Crippen LogP contribution in [0.2, 0.25) is 0 Å². The SMILES string of the molecule is CCCOc1ccc(OCCN(C)C2CNC2)cc1. The number of nitrogens with zero attached hydrogens (tertiary/aromatic N) is 1. The molecule has 19 heavy (non-hydrogen) atoms. The van der Waals surface area contributed by atoms with Crippen LogP contribution in [0.25, 0.3) is 0 Å². The summed E-state index contributed by atoms with van der Waals surface area (Å²) in [6.07, 6.45) is 1.03. The van der Waals surface area contributed by atoms with Crippen LogP contribution >= 0.6 is 0 Å². The van der Waals surface area contributed by atoms with Gasteiger partial charge in [0, 0.05) is 25.7 Å². The predicted molar refractivity (Wildman–Crippen MR) is 77.0 cm³/mol. The number of likely N-dealkylation sites (N-methyl/N-ethyl adjacent to an activating group) is 1. The Morgan fingerprint density at radius 3 is 2.16 bits per heavy atom. The van der Waals surface area contributed by atoms with Gasteiger partial charge in [0.15, 0.2) is 0 Å². The van der Waals surface area contributed by atoms with Crippen molar-refractivity contribution in [3.63, 3.8) is 0 Å². The van der Waals surface area contributed by atoms with Gasteiger partial charge in [-0.15, -0.1) is 0 Å². The molecule has 1 heterocycles. The van der Waals surface area contributed by atoms with Gasteiger partial charge < -0.3 is 14.8 Å². The van der Waals surface area contributed by atoms with E-state index < -0.39 is 0 Å². The van der Waals surface area contributed by atoms with Gasteiger partial charge in [0.1, 0.15) is 18.1 Å². The maximum atomic E-state index is 5.74. The average molecular weight is 264 g/mol. The van der Waals surface area contributed by atoms with E-state index in [1.54, 1.807) is 0 Å². The van der Waals surface area contributed by atoms with Gasteiger partial charge in [0.25, 0.3) is 0 Å². The topological polar surface area (TPSA) is 33.7 Å². The smallest absolute Gasteiger partial charge is 0.119 e. The lowest BCUT2D eigenvalue weighted by Crippen LogP contribution is -2.56. The zero-order valence-corrected chi connectivity index (χ0v) is 11.9. The summed E-state index contributed by atoms with van der Waals surface area (Å²) in [7, 11) is 2.15. The maximum absolute atomic E-state index is 5.74. The molecule has 0 spiro atoms. The fourth-order valence-corrected chi connectivity index (χ4v) is 1.93. The van der Waals surface area contributed by atoms with E-state index >= 15 is 0 Å². The molecule has 2 rings (SSSR count). The third-order valence-electron chi connectivity index (χ3n) is 3.39. The molecule has 1 N–H and O–H groups in total. The fourth-order valence-electron chi connectivity index (χ4n) is 1.93. The van der Waals surface area contributed by atoms with E-state index in [4.69, 9.17) is 9.47 Å². The van der Waals surface area contributed by atoms with Crippen molar-refractivity contribution in [3.8, 4) is 11.5 Å². The Morgan fingerprint density at radius 2 is 1.68 bits per heavy atom. The third kappa shape index (κ3) is 4.40. The number of hydrogen-bond donors (Lipinski definition) is 1. The second-order valence-corrected chi connectivity index (χ2v) is 4.96. The minimum absolute atomic E-state index is 0.674. The number of benzene rings is 1. The van der Waals surface area contributed by atoms with Crippen molar-refractivity contribution in [2.75, 3.05) is 39.9 Å². The van der Waals surface area contributed by atoms with Crippen LogP contribution in [0.4, 0.5) is 0 Å². The first kappa shape index (κ1) is 14.2. The summed E-state index contributed by atoms with van der Waals surface area (Å²) in [6, 6.07) is 8.54. The standard InChI is InChI=1S/C15H24N2O2/c1-3-9-18-14-4-6-15(7-5-14)19-10-8-17(2)13-11-16-12-13/h4-7,13,16H,3,8-12H2,1-2H3. The van der Waals surface area contributed by atoms with E-state index in [-0.39, 0.29) is 0 Å². The molecule has 1 saturated heterocycles. The van der Waals surface area contributed by atoms with Gasteiger partial charge in [-0.05, 0) is 37.7 Å². The van der Waals surface area contributed by atoms with Gasteiger partial charge >= 0.3 is 0 Å². The van der Waals surface area contributed by atoms with Crippen molar-refractivity contribution in [1.29, 1.82) is 0 Å². The van der Waals surface area contributed by atoms with E-state index in [9.17, 15) is 0 Å². The van der Waals surface area contributed by atoms with Gasteiger partial charge in [-0.2, -0.15) is 0 Å². The molecule has 0 bridgehead atoms. The molecule has 1 aliphatic rings. The molecule has 0 aromatic heterocycles. The van der Waals surface area contributed by atoms with E-state index in [1.807, 2.05) is 24.3 Å². The molecule has 0 saturated carbocycles. The molecule has 1 aromatic carbocycles. The highest BCUT2D eigenvalue weighted by atomic mass is 16.5. The zero-order valence-electron chi connectivity index (χ0n) is 11.9. The normalized spacial score (nSPS) is 15.3. The minimum atomic E-state index is 0.674. The maximum Gasteiger partial charge on any atom is 0.119 e. The van der Waals surface area contributed by atoms with Crippen LogP contribution in [0, 0.1) is 0 Å². The highest BCUT2D eigenvalue weighted by molar-refractivity contribution is 5.31. The van der Waals surface area contributed by atoms with Crippen molar-refractivity contribution in [3.05, 3.63) is 24.3 Å². The molecule has 0 aliphatic carbocycles. The summed E-state index contributed by atoms with van der Waals surface area (Å²) in [5.74, 6) is 1.82. The van der Waals surface area contributed by atoms with Gasteiger partial charge in [0.05, 0.1) is 6.61 Å². The van der Waals surface area contributed by atoms with Crippen LogP contribution in [0.5, 0.6) is 11.5 Å². The number of rotatable bonds is 8. The Morgan fingerprint density at radius 1 is 1.11 bits per heavy atom. The first-order valence-electron chi connectivity index (χ1n) is 7.06. The lowest BCUT2D eigenvalue weighted by atomic mass is 10.1. The van der Waals surface area contributed by atoms with E-state index in [0.29, 0.717) is 6.04 Å². The number of ether oxygens (including phenoxy) is 2. The summed E-state index contributed by atoms with van der Waals surface area (Å²) in [6.45, 7) is 6.74. The average Bonchev–Trinajstić information content (AvgIpc) is 2.36. The van der Waals surface area contributed by atoms with Crippen molar-refractivity contribution in [2.24, 2.45) is 0 Å². The molecule has 106 valence electrons. The molecular formula is C15H24N2O2. The molecule has 1 aliphatic heterocycles. The Hall–Kier alpha value is -1.26. The Bertz CT molecular complexity index is 363. The molecular weight excluding hydrogens is 240 g/mol. The van der Waals surface area contributed by atoms with Crippen LogP contribution in [0.3, 0.4) is 0 Å². The van der Waals surface area contributed by atoms with Crippen LogP contribution in [-0.4, -0.2) is 50.8 Å². The van der Waals surface area contributed by atoms with Gasteiger partial charge in [0.2, 0.25) is 0 Å². The fraction of sp³-hybridized carbons (Fsp3) is 0.600. The summed E-state index contributed by atoms with van der Waals surface area (Å²) >= 11 is 0. The van der Waals surface area contributed by atoms with Crippen molar-refractivity contribution >= 4 is 0 Å². The molecule has 4 heteroatoms. The lowest BCUT2D eigenvalue weighted by molar-refractivity contribution is 0.151. The first-order valence-corrected chi connectivity index (χ1v) is 7.06. The Balaban J connectivity index is 1.67.